The molecule has 2 aromatic carbocycles. The summed E-state index contributed by atoms with van der Waals surface area (Å²) in [6.07, 6.45) is 0. The van der Waals surface area contributed by atoms with E-state index in [2.05, 4.69) is 48.6 Å². The molecule has 112 valence electrons. The van der Waals surface area contributed by atoms with Crippen LogP contribution in [-0.4, -0.2) is 26.1 Å². The highest BCUT2D eigenvalue weighted by atomic mass is 35.5. The number of benzene rings is 2. The Hall–Kier alpha value is -1.71. The standard InChI is InChI=1S/C17H21ClN2O/c1-20(2)12-14-5-4-6-15(9-14)19-11-13-7-8-17(21-3)16(18)10-13/h4-10,19H,11-12H2,1-3H3. The van der Waals surface area contributed by atoms with Crippen molar-refractivity contribution in [3.05, 3.63) is 58.6 Å². The molecule has 0 saturated carbocycles. The predicted octanol–water partition coefficient (Wildman–Crippen LogP) is 4.02. The summed E-state index contributed by atoms with van der Waals surface area (Å²) in [7, 11) is 5.76. The summed E-state index contributed by atoms with van der Waals surface area (Å²) in [4.78, 5) is 2.16. The summed E-state index contributed by atoms with van der Waals surface area (Å²) in [5.41, 5.74) is 3.53. The topological polar surface area (TPSA) is 24.5 Å². The van der Waals surface area contributed by atoms with E-state index < -0.39 is 0 Å². The Morgan fingerprint density at radius 3 is 2.57 bits per heavy atom. The maximum absolute atomic E-state index is 6.14. The van der Waals surface area contributed by atoms with Gasteiger partial charge in [-0.05, 0) is 49.5 Å². The lowest BCUT2D eigenvalue weighted by atomic mass is 10.1. The number of halogens is 1. The summed E-state index contributed by atoms with van der Waals surface area (Å²) >= 11 is 6.14. The maximum atomic E-state index is 6.14. The predicted molar refractivity (Wildman–Crippen MR) is 89.2 cm³/mol. The average molecular weight is 305 g/mol. The lowest BCUT2D eigenvalue weighted by Crippen LogP contribution is -2.10. The Morgan fingerprint density at radius 1 is 1.10 bits per heavy atom. The molecule has 0 aliphatic carbocycles. The second-order valence-corrected chi connectivity index (χ2v) is 5.67. The fourth-order valence-electron chi connectivity index (χ4n) is 2.17. The Bertz CT molecular complexity index is 599. The Kier molecular flexibility index (Phi) is 5.48. The fourth-order valence-corrected chi connectivity index (χ4v) is 2.45. The molecule has 0 heterocycles. The van der Waals surface area contributed by atoms with E-state index in [1.807, 2.05) is 18.2 Å². The lowest BCUT2D eigenvalue weighted by molar-refractivity contribution is 0.402. The van der Waals surface area contributed by atoms with E-state index in [1.54, 1.807) is 7.11 Å². The fraction of sp³-hybridized carbons (Fsp3) is 0.294. The van der Waals surface area contributed by atoms with E-state index in [4.69, 9.17) is 16.3 Å². The van der Waals surface area contributed by atoms with Crippen molar-refractivity contribution < 1.29 is 4.74 Å². The molecular formula is C17H21ClN2O. The molecule has 0 bridgehead atoms. The molecule has 0 atom stereocenters. The van der Waals surface area contributed by atoms with Crippen LogP contribution in [0.25, 0.3) is 0 Å². The van der Waals surface area contributed by atoms with Crippen LogP contribution in [0.3, 0.4) is 0 Å². The van der Waals surface area contributed by atoms with Crippen molar-refractivity contribution in [2.75, 3.05) is 26.5 Å². The van der Waals surface area contributed by atoms with Crippen LogP contribution in [0.1, 0.15) is 11.1 Å². The van der Waals surface area contributed by atoms with Gasteiger partial charge in [-0.3, -0.25) is 0 Å². The molecule has 0 aliphatic rings. The second-order valence-electron chi connectivity index (χ2n) is 5.26. The first-order valence-corrected chi connectivity index (χ1v) is 7.26. The number of ether oxygens (including phenoxy) is 1. The first-order valence-electron chi connectivity index (χ1n) is 6.88. The van der Waals surface area contributed by atoms with E-state index in [0.29, 0.717) is 10.8 Å². The van der Waals surface area contributed by atoms with Gasteiger partial charge >= 0.3 is 0 Å². The number of hydrogen-bond acceptors (Lipinski definition) is 3. The summed E-state index contributed by atoms with van der Waals surface area (Å²) in [5, 5.41) is 4.06. The van der Waals surface area contributed by atoms with Crippen molar-refractivity contribution in [3.63, 3.8) is 0 Å². The molecule has 0 amide bonds. The minimum absolute atomic E-state index is 0.637. The van der Waals surface area contributed by atoms with Crippen LogP contribution in [0, 0.1) is 0 Å². The summed E-state index contributed by atoms with van der Waals surface area (Å²) in [6.45, 7) is 1.67. The molecule has 0 radical (unpaired) electrons. The van der Waals surface area contributed by atoms with E-state index in [1.165, 1.54) is 5.56 Å². The van der Waals surface area contributed by atoms with Crippen molar-refractivity contribution >= 4 is 17.3 Å². The molecule has 0 spiro atoms. The molecule has 1 N–H and O–H groups in total. The molecule has 0 aliphatic heterocycles. The minimum Gasteiger partial charge on any atom is -0.495 e. The average Bonchev–Trinajstić information content (AvgIpc) is 2.45. The molecule has 3 nitrogen and oxygen atoms in total. The second kappa shape index (κ2) is 7.34. The highest BCUT2D eigenvalue weighted by molar-refractivity contribution is 6.32. The monoisotopic (exact) mass is 304 g/mol. The van der Waals surface area contributed by atoms with Crippen LogP contribution >= 0.6 is 11.6 Å². The zero-order valence-electron chi connectivity index (χ0n) is 12.7. The highest BCUT2D eigenvalue weighted by Crippen LogP contribution is 2.25. The number of nitrogens with one attached hydrogen (secondary N) is 1. The van der Waals surface area contributed by atoms with E-state index in [9.17, 15) is 0 Å². The maximum Gasteiger partial charge on any atom is 0.137 e. The summed E-state index contributed by atoms with van der Waals surface area (Å²) < 4.78 is 5.16. The van der Waals surface area contributed by atoms with Gasteiger partial charge in [-0.1, -0.05) is 29.8 Å². The van der Waals surface area contributed by atoms with Crippen LogP contribution in [0.5, 0.6) is 5.75 Å². The molecule has 2 aromatic rings. The number of rotatable bonds is 6. The Morgan fingerprint density at radius 2 is 1.90 bits per heavy atom. The van der Waals surface area contributed by atoms with Crippen molar-refractivity contribution in [2.24, 2.45) is 0 Å². The molecule has 21 heavy (non-hydrogen) atoms. The van der Waals surface area contributed by atoms with Gasteiger partial charge in [0.05, 0.1) is 12.1 Å². The molecule has 2 rings (SSSR count). The van der Waals surface area contributed by atoms with Crippen LogP contribution in [-0.2, 0) is 13.1 Å². The van der Waals surface area contributed by atoms with Gasteiger partial charge in [0.2, 0.25) is 0 Å². The molecule has 0 saturated heterocycles. The third kappa shape index (κ3) is 4.66. The van der Waals surface area contributed by atoms with Crippen LogP contribution in [0.15, 0.2) is 42.5 Å². The summed E-state index contributed by atoms with van der Waals surface area (Å²) in [5.74, 6) is 0.702. The third-order valence-corrected chi connectivity index (χ3v) is 3.43. The van der Waals surface area contributed by atoms with Crippen LogP contribution < -0.4 is 10.1 Å². The largest absolute Gasteiger partial charge is 0.495 e. The number of hydrogen-bond donors (Lipinski definition) is 1. The Labute approximate surface area is 131 Å². The van der Waals surface area contributed by atoms with E-state index >= 15 is 0 Å². The first-order chi connectivity index (χ1) is 10.1. The highest BCUT2D eigenvalue weighted by Gasteiger charge is 2.02. The van der Waals surface area contributed by atoms with Gasteiger partial charge in [0.25, 0.3) is 0 Å². The molecule has 4 heteroatoms. The van der Waals surface area contributed by atoms with Gasteiger partial charge in [0, 0.05) is 18.8 Å². The van der Waals surface area contributed by atoms with Crippen molar-refractivity contribution in [1.29, 1.82) is 0 Å². The van der Waals surface area contributed by atoms with Gasteiger partial charge in [0.1, 0.15) is 5.75 Å². The van der Waals surface area contributed by atoms with Gasteiger partial charge in [-0.15, -0.1) is 0 Å². The normalized spacial score (nSPS) is 10.7. The SMILES string of the molecule is COc1ccc(CNc2cccc(CN(C)C)c2)cc1Cl. The number of methoxy groups -OCH3 is 1. The van der Waals surface area contributed by atoms with Crippen molar-refractivity contribution in [2.45, 2.75) is 13.1 Å². The number of nitrogens with zero attached hydrogens (tertiary/aromatic N) is 1. The molecule has 0 aromatic heterocycles. The van der Waals surface area contributed by atoms with E-state index in [-0.39, 0.29) is 0 Å². The van der Waals surface area contributed by atoms with Gasteiger partial charge in [-0.2, -0.15) is 0 Å². The smallest absolute Gasteiger partial charge is 0.137 e. The van der Waals surface area contributed by atoms with Gasteiger partial charge in [-0.25, -0.2) is 0 Å². The molecular weight excluding hydrogens is 284 g/mol. The quantitative estimate of drug-likeness (QED) is 0.872. The zero-order chi connectivity index (χ0) is 15.2. The lowest BCUT2D eigenvalue weighted by Gasteiger charge is -2.12. The van der Waals surface area contributed by atoms with Crippen molar-refractivity contribution in [1.82, 2.24) is 4.90 Å². The Balaban J connectivity index is 2.01. The minimum atomic E-state index is 0.637. The van der Waals surface area contributed by atoms with Crippen LogP contribution in [0.2, 0.25) is 5.02 Å². The van der Waals surface area contributed by atoms with Crippen LogP contribution in [0.4, 0.5) is 5.69 Å². The summed E-state index contributed by atoms with van der Waals surface area (Å²) in [6, 6.07) is 14.3. The van der Waals surface area contributed by atoms with E-state index in [0.717, 1.165) is 24.3 Å². The zero-order valence-corrected chi connectivity index (χ0v) is 13.4. The third-order valence-electron chi connectivity index (χ3n) is 3.14. The van der Waals surface area contributed by atoms with Gasteiger partial charge < -0.3 is 15.0 Å². The first kappa shape index (κ1) is 15.7. The number of anilines is 1. The molecule has 0 unspecified atom stereocenters. The molecule has 0 fully saturated rings. The van der Waals surface area contributed by atoms with Crippen molar-refractivity contribution in [3.8, 4) is 5.75 Å². The van der Waals surface area contributed by atoms with Gasteiger partial charge in [0.15, 0.2) is 0 Å².